The summed E-state index contributed by atoms with van der Waals surface area (Å²) in [6, 6.07) is 0. The summed E-state index contributed by atoms with van der Waals surface area (Å²) in [5.41, 5.74) is 1.63. The van der Waals surface area contributed by atoms with E-state index in [1.807, 2.05) is 0 Å². The molecule has 2 heteroatoms. The first-order valence-corrected chi connectivity index (χ1v) is 9.83. The summed E-state index contributed by atoms with van der Waals surface area (Å²) in [7, 11) is -1.38. The lowest BCUT2D eigenvalue weighted by molar-refractivity contribution is 0.365. The standard InChI is InChI=1S/C13H26OSi/c1-5-6-9-12-10-7-8-11-13(12)14-15(2,3)4/h5-11H2,1-4H3. The average molecular weight is 226 g/mol. The molecule has 1 aliphatic rings. The molecule has 0 aromatic carbocycles. The number of hydrogen-bond donors (Lipinski definition) is 0. The first kappa shape index (κ1) is 12.8. The van der Waals surface area contributed by atoms with Gasteiger partial charge in [-0.25, -0.2) is 0 Å². The van der Waals surface area contributed by atoms with Gasteiger partial charge in [-0.15, -0.1) is 0 Å². The largest absolute Gasteiger partial charge is 0.547 e. The predicted octanol–water partition coefficient (Wildman–Crippen LogP) is 4.86. The predicted molar refractivity (Wildman–Crippen MR) is 69.5 cm³/mol. The molecule has 0 atom stereocenters. The molecule has 0 aromatic heterocycles. The van der Waals surface area contributed by atoms with Crippen LogP contribution in [0, 0.1) is 0 Å². The third-order valence-corrected chi connectivity index (χ3v) is 3.65. The van der Waals surface area contributed by atoms with E-state index in [0.717, 1.165) is 0 Å². The van der Waals surface area contributed by atoms with Crippen LogP contribution in [0.25, 0.3) is 0 Å². The minimum absolute atomic E-state index is 1.20. The van der Waals surface area contributed by atoms with E-state index in [4.69, 9.17) is 4.43 Å². The van der Waals surface area contributed by atoms with Crippen molar-refractivity contribution in [3.63, 3.8) is 0 Å². The normalized spacial score (nSPS) is 18.1. The van der Waals surface area contributed by atoms with Gasteiger partial charge in [0, 0.05) is 6.42 Å². The van der Waals surface area contributed by atoms with E-state index in [1.165, 1.54) is 50.7 Å². The first-order valence-electron chi connectivity index (χ1n) is 6.43. The van der Waals surface area contributed by atoms with Gasteiger partial charge in [0.05, 0.1) is 5.76 Å². The van der Waals surface area contributed by atoms with E-state index in [9.17, 15) is 0 Å². The highest BCUT2D eigenvalue weighted by Crippen LogP contribution is 2.30. The Labute approximate surface area is 96.0 Å². The lowest BCUT2D eigenvalue weighted by Gasteiger charge is -2.27. The Balaban J connectivity index is 2.63. The van der Waals surface area contributed by atoms with Crippen molar-refractivity contribution >= 4 is 8.32 Å². The average Bonchev–Trinajstić information content (AvgIpc) is 2.14. The minimum Gasteiger partial charge on any atom is -0.547 e. The summed E-state index contributed by atoms with van der Waals surface area (Å²) in [6.07, 6.45) is 9.09. The molecule has 0 unspecified atom stereocenters. The van der Waals surface area contributed by atoms with Crippen molar-refractivity contribution in [1.29, 1.82) is 0 Å². The van der Waals surface area contributed by atoms with Crippen LogP contribution in [-0.4, -0.2) is 8.32 Å². The van der Waals surface area contributed by atoms with Crippen molar-refractivity contribution in [3.8, 4) is 0 Å². The quantitative estimate of drug-likeness (QED) is 0.609. The smallest absolute Gasteiger partial charge is 0.241 e. The lowest BCUT2D eigenvalue weighted by Crippen LogP contribution is -2.26. The van der Waals surface area contributed by atoms with Crippen molar-refractivity contribution in [2.75, 3.05) is 0 Å². The maximum Gasteiger partial charge on any atom is 0.241 e. The van der Waals surface area contributed by atoms with Crippen LogP contribution in [-0.2, 0) is 4.43 Å². The maximum absolute atomic E-state index is 6.21. The third kappa shape index (κ3) is 4.87. The van der Waals surface area contributed by atoms with Gasteiger partial charge in [-0.1, -0.05) is 13.3 Å². The van der Waals surface area contributed by atoms with Crippen LogP contribution >= 0.6 is 0 Å². The van der Waals surface area contributed by atoms with E-state index < -0.39 is 8.32 Å². The molecule has 1 aliphatic carbocycles. The van der Waals surface area contributed by atoms with Crippen LogP contribution in [0.3, 0.4) is 0 Å². The molecule has 0 aromatic rings. The number of rotatable bonds is 5. The second-order valence-corrected chi connectivity index (χ2v) is 9.98. The monoisotopic (exact) mass is 226 g/mol. The molecule has 0 heterocycles. The molecule has 0 N–H and O–H groups in total. The summed E-state index contributed by atoms with van der Waals surface area (Å²) in [5, 5.41) is 0. The topological polar surface area (TPSA) is 9.23 Å². The van der Waals surface area contributed by atoms with E-state index in [0.29, 0.717) is 0 Å². The maximum atomic E-state index is 6.21. The Morgan fingerprint density at radius 3 is 2.40 bits per heavy atom. The second-order valence-electron chi connectivity index (χ2n) is 5.55. The zero-order chi connectivity index (χ0) is 11.3. The van der Waals surface area contributed by atoms with E-state index in [2.05, 4.69) is 26.6 Å². The Bertz CT molecular complexity index is 225. The van der Waals surface area contributed by atoms with E-state index >= 15 is 0 Å². The molecule has 0 saturated heterocycles. The van der Waals surface area contributed by atoms with Crippen LogP contribution < -0.4 is 0 Å². The third-order valence-electron chi connectivity index (χ3n) is 2.79. The summed E-state index contributed by atoms with van der Waals surface area (Å²) >= 11 is 0. The Kier molecular flexibility index (Phi) is 4.90. The van der Waals surface area contributed by atoms with Crippen LogP contribution in [0.1, 0.15) is 51.9 Å². The van der Waals surface area contributed by atoms with Gasteiger partial charge in [0.2, 0.25) is 8.32 Å². The van der Waals surface area contributed by atoms with Crippen LogP contribution in [0.5, 0.6) is 0 Å². The van der Waals surface area contributed by atoms with Crippen molar-refractivity contribution < 1.29 is 4.43 Å². The van der Waals surface area contributed by atoms with Gasteiger partial charge in [0.25, 0.3) is 0 Å². The zero-order valence-electron chi connectivity index (χ0n) is 10.9. The highest BCUT2D eigenvalue weighted by Gasteiger charge is 2.21. The molecule has 0 aliphatic heterocycles. The van der Waals surface area contributed by atoms with Crippen LogP contribution in [0.2, 0.25) is 19.6 Å². The van der Waals surface area contributed by atoms with Gasteiger partial charge in [-0.05, 0) is 57.3 Å². The molecule has 1 rings (SSSR count). The fourth-order valence-electron chi connectivity index (χ4n) is 2.09. The first-order chi connectivity index (χ1) is 7.03. The summed E-state index contributed by atoms with van der Waals surface area (Å²) < 4.78 is 6.21. The van der Waals surface area contributed by atoms with E-state index in [1.54, 1.807) is 5.57 Å². The van der Waals surface area contributed by atoms with Gasteiger partial charge in [0.1, 0.15) is 0 Å². The highest BCUT2D eigenvalue weighted by atomic mass is 28.4. The van der Waals surface area contributed by atoms with Gasteiger partial charge < -0.3 is 4.43 Å². The van der Waals surface area contributed by atoms with Crippen LogP contribution in [0.15, 0.2) is 11.3 Å². The molecule has 0 radical (unpaired) electrons. The lowest BCUT2D eigenvalue weighted by atomic mass is 9.94. The molecule has 0 fully saturated rings. The van der Waals surface area contributed by atoms with Crippen molar-refractivity contribution in [3.05, 3.63) is 11.3 Å². The Hall–Kier alpha value is -0.243. The van der Waals surface area contributed by atoms with Gasteiger partial charge in [0.15, 0.2) is 0 Å². The Morgan fingerprint density at radius 2 is 1.80 bits per heavy atom. The number of allylic oxidation sites excluding steroid dienone is 2. The summed E-state index contributed by atoms with van der Waals surface area (Å²) in [6.45, 7) is 9.12. The van der Waals surface area contributed by atoms with Crippen molar-refractivity contribution in [1.82, 2.24) is 0 Å². The van der Waals surface area contributed by atoms with Gasteiger partial charge in [-0.2, -0.15) is 0 Å². The fourth-order valence-corrected chi connectivity index (χ4v) is 3.07. The SMILES string of the molecule is CCCCC1=C(O[Si](C)(C)C)CCCC1. The molecular formula is C13H26OSi. The van der Waals surface area contributed by atoms with E-state index in [-0.39, 0.29) is 0 Å². The van der Waals surface area contributed by atoms with Crippen molar-refractivity contribution in [2.24, 2.45) is 0 Å². The molecule has 88 valence electrons. The molecular weight excluding hydrogens is 200 g/mol. The zero-order valence-corrected chi connectivity index (χ0v) is 11.9. The molecule has 1 nitrogen and oxygen atoms in total. The molecule has 0 bridgehead atoms. The van der Waals surface area contributed by atoms with Crippen molar-refractivity contribution in [2.45, 2.75) is 71.5 Å². The molecule has 0 saturated carbocycles. The molecule has 15 heavy (non-hydrogen) atoms. The fraction of sp³-hybridized carbons (Fsp3) is 0.846. The summed E-state index contributed by atoms with van der Waals surface area (Å²) in [4.78, 5) is 0. The van der Waals surface area contributed by atoms with Gasteiger partial charge >= 0.3 is 0 Å². The highest BCUT2D eigenvalue weighted by molar-refractivity contribution is 6.70. The van der Waals surface area contributed by atoms with Gasteiger partial charge in [-0.3, -0.25) is 0 Å². The Morgan fingerprint density at radius 1 is 1.13 bits per heavy atom. The van der Waals surface area contributed by atoms with Crippen LogP contribution in [0.4, 0.5) is 0 Å². The number of unbranched alkanes of at least 4 members (excludes halogenated alkanes) is 1. The molecule has 0 amide bonds. The number of hydrogen-bond acceptors (Lipinski definition) is 1. The second kappa shape index (κ2) is 5.74. The minimum atomic E-state index is -1.38. The molecule has 0 spiro atoms. The summed E-state index contributed by atoms with van der Waals surface area (Å²) in [5.74, 6) is 1.37.